The largest absolute Gasteiger partial charge is 0.480 e. The van der Waals surface area contributed by atoms with Crippen LogP contribution in [0.5, 0.6) is 0 Å². The molecule has 3 N–H and O–H groups in total. The van der Waals surface area contributed by atoms with Crippen molar-refractivity contribution in [2.45, 2.75) is 45.2 Å². The molecule has 9 heteroatoms. The molecule has 0 saturated heterocycles. The maximum absolute atomic E-state index is 12.7. The first kappa shape index (κ1) is 22.6. The Labute approximate surface area is 173 Å². The lowest BCUT2D eigenvalue weighted by atomic mass is 10.1. The van der Waals surface area contributed by atoms with Gasteiger partial charge in [0.2, 0.25) is 5.91 Å². The van der Waals surface area contributed by atoms with Crippen molar-refractivity contribution in [3.63, 3.8) is 0 Å². The van der Waals surface area contributed by atoms with Gasteiger partial charge in [-0.2, -0.15) is 0 Å². The Morgan fingerprint density at radius 2 is 1.93 bits per heavy atom. The average molecular weight is 422 g/mol. The number of carboxylic acid groups (broad SMARTS) is 1. The van der Waals surface area contributed by atoms with Crippen molar-refractivity contribution in [3.8, 4) is 11.3 Å². The quantitative estimate of drug-likeness (QED) is 0.503. The third kappa shape index (κ3) is 6.40. The summed E-state index contributed by atoms with van der Waals surface area (Å²) in [6, 6.07) is 6.83. The number of aliphatic hydroxyl groups is 1. The van der Waals surface area contributed by atoms with Crippen LogP contribution in [0.1, 0.15) is 32.0 Å². The summed E-state index contributed by atoms with van der Waals surface area (Å²) in [5.74, 6) is -1.60. The number of amides is 1. The molecule has 2 rings (SSSR count). The second kappa shape index (κ2) is 10.7. The van der Waals surface area contributed by atoms with Crippen LogP contribution in [0.25, 0.3) is 11.3 Å². The van der Waals surface area contributed by atoms with Gasteiger partial charge in [-0.15, -0.1) is 0 Å². The average Bonchev–Trinajstić information content (AvgIpc) is 2.68. The molecule has 1 unspecified atom stereocenters. The highest BCUT2D eigenvalue weighted by atomic mass is 35.5. The van der Waals surface area contributed by atoms with Gasteiger partial charge < -0.3 is 15.5 Å². The Morgan fingerprint density at radius 1 is 1.24 bits per heavy atom. The summed E-state index contributed by atoms with van der Waals surface area (Å²) in [7, 11) is 0. The van der Waals surface area contributed by atoms with E-state index in [2.05, 4.69) is 17.2 Å². The van der Waals surface area contributed by atoms with Gasteiger partial charge in [0.05, 0.1) is 12.3 Å². The standard InChI is InChI=1S/C20H24ClN3O5/c1-2-3-4-5-17-22-15(13-6-8-14(21)9-7-13)10-19(27)24(17)11-18(26)23-16(12-25)20(28)29/h6-10,16,25H,2-5,11-12H2,1H3,(H,23,26)(H,28,29). The normalized spacial score (nSPS) is 11.8. The number of aliphatic hydroxyl groups excluding tert-OH is 1. The summed E-state index contributed by atoms with van der Waals surface area (Å²) in [6.07, 6.45) is 3.22. The summed E-state index contributed by atoms with van der Waals surface area (Å²) in [5.41, 5.74) is 0.794. The Bertz CT molecular complexity index is 911. The molecule has 1 heterocycles. The minimum Gasteiger partial charge on any atom is -0.480 e. The molecule has 1 aromatic heterocycles. The number of rotatable bonds is 10. The number of carbonyl (C=O) groups is 2. The summed E-state index contributed by atoms with van der Waals surface area (Å²) in [6.45, 7) is 0.935. The van der Waals surface area contributed by atoms with E-state index in [-0.39, 0.29) is 6.54 Å². The second-order valence-corrected chi connectivity index (χ2v) is 7.02. The number of aliphatic carboxylic acids is 1. The highest BCUT2D eigenvalue weighted by molar-refractivity contribution is 6.30. The van der Waals surface area contributed by atoms with Crippen LogP contribution in [0, 0.1) is 0 Å². The number of halogens is 1. The predicted octanol–water partition coefficient (Wildman–Crippen LogP) is 1.86. The first-order valence-corrected chi connectivity index (χ1v) is 9.73. The molecule has 2 aromatic rings. The molecule has 0 spiro atoms. The molecule has 0 aliphatic rings. The number of unbranched alkanes of at least 4 members (excludes halogenated alkanes) is 2. The number of carboxylic acids is 1. The third-order valence-electron chi connectivity index (χ3n) is 4.35. The minimum atomic E-state index is -1.43. The zero-order valence-electron chi connectivity index (χ0n) is 16.1. The number of carbonyl (C=O) groups excluding carboxylic acids is 1. The van der Waals surface area contributed by atoms with Crippen LogP contribution in [0.15, 0.2) is 35.1 Å². The number of nitrogens with zero attached hydrogens (tertiary/aromatic N) is 2. The van der Waals surface area contributed by atoms with Crippen LogP contribution in [0.3, 0.4) is 0 Å². The molecule has 0 aliphatic heterocycles. The molecular formula is C20H24ClN3O5. The summed E-state index contributed by atoms with van der Waals surface area (Å²) >= 11 is 5.91. The van der Waals surface area contributed by atoms with Gasteiger partial charge in [0, 0.05) is 23.1 Å². The van der Waals surface area contributed by atoms with Gasteiger partial charge in [0.1, 0.15) is 18.4 Å². The van der Waals surface area contributed by atoms with Crippen molar-refractivity contribution >= 4 is 23.5 Å². The third-order valence-corrected chi connectivity index (χ3v) is 4.60. The monoisotopic (exact) mass is 421 g/mol. The minimum absolute atomic E-state index is 0.377. The molecular weight excluding hydrogens is 398 g/mol. The number of hydrogen-bond acceptors (Lipinski definition) is 5. The van der Waals surface area contributed by atoms with Crippen molar-refractivity contribution in [1.82, 2.24) is 14.9 Å². The molecule has 0 saturated carbocycles. The van der Waals surface area contributed by atoms with Crippen molar-refractivity contribution in [3.05, 3.63) is 51.5 Å². The number of nitrogens with one attached hydrogen (secondary N) is 1. The van der Waals surface area contributed by atoms with Crippen LogP contribution in [-0.2, 0) is 22.6 Å². The SMILES string of the molecule is CCCCCc1nc(-c2ccc(Cl)cc2)cc(=O)n1CC(=O)NC(CO)C(=O)O. The van der Waals surface area contributed by atoms with Gasteiger partial charge in [-0.3, -0.25) is 14.2 Å². The Kier molecular flexibility index (Phi) is 8.35. The van der Waals surface area contributed by atoms with Crippen molar-refractivity contribution < 1.29 is 19.8 Å². The van der Waals surface area contributed by atoms with Crippen molar-refractivity contribution in [2.75, 3.05) is 6.61 Å². The highest BCUT2D eigenvalue weighted by Gasteiger charge is 2.20. The molecule has 0 fully saturated rings. The molecule has 156 valence electrons. The molecule has 0 bridgehead atoms. The van der Waals surface area contributed by atoms with Crippen LogP contribution in [0.2, 0.25) is 5.02 Å². The number of benzene rings is 1. The topological polar surface area (TPSA) is 122 Å². The van der Waals surface area contributed by atoms with E-state index in [1.54, 1.807) is 24.3 Å². The first-order valence-electron chi connectivity index (χ1n) is 9.35. The van der Waals surface area contributed by atoms with Gasteiger partial charge in [-0.25, -0.2) is 9.78 Å². The maximum atomic E-state index is 12.7. The van der Waals surface area contributed by atoms with E-state index in [1.807, 2.05) is 0 Å². The van der Waals surface area contributed by atoms with Crippen LogP contribution in [-0.4, -0.2) is 44.3 Å². The number of hydrogen-bond donors (Lipinski definition) is 3. The van der Waals surface area contributed by atoms with E-state index < -0.39 is 30.1 Å². The Hall–Kier alpha value is -2.71. The van der Waals surface area contributed by atoms with E-state index in [9.17, 15) is 14.4 Å². The molecule has 1 atom stereocenters. The lowest BCUT2D eigenvalue weighted by Gasteiger charge is -2.16. The van der Waals surface area contributed by atoms with E-state index in [1.165, 1.54) is 10.6 Å². The van der Waals surface area contributed by atoms with Gasteiger partial charge in [-0.1, -0.05) is 43.5 Å². The van der Waals surface area contributed by atoms with Crippen LogP contribution in [0.4, 0.5) is 0 Å². The smallest absolute Gasteiger partial charge is 0.328 e. The summed E-state index contributed by atoms with van der Waals surface area (Å²) < 4.78 is 1.24. The summed E-state index contributed by atoms with van der Waals surface area (Å²) in [5, 5.41) is 20.8. The van der Waals surface area contributed by atoms with E-state index >= 15 is 0 Å². The Morgan fingerprint density at radius 3 is 2.52 bits per heavy atom. The maximum Gasteiger partial charge on any atom is 0.328 e. The fourth-order valence-corrected chi connectivity index (χ4v) is 2.91. The second-order valence-electron chi connectivity index (χ2n) is 6.59. The van der Waals surface area contributed by atoms with Gasteiger partial charge in [0.15, 0.2) is 0 Å². The van der Waals surface area contributed by atoms with Crippen molar-refractivity contribution in [2.24, 2.45) is 0 Å². The van der Waals surface area contributed by atoms with E-state index in [0.717, 1.165) is 24.8 Å². The highest BCUT2D eigenvalue weighted by Crippen LogP contribution is 2.19. The number of aromatic nitrogens is 2. The predicted molar refractivity (Wildman–Crippen MR) is 109 cm³/mol. The van der Waals surface area contributed by atoms with E-state index in [0.29, 0.717) is 23.0 Å². The fourth-order valence-electron chi connectivity index (χ4n) is 2.78. The Balaban J connectivity index is 2.34. The molecule has 0 radical (unpaired) electrons. The zero-order valence-corrected chi connectivity index (χ0v) is 16.9. The first-order chi connectivity index (χ1) is 13.8. The lowest BCUT2D eigenvalue weighted by Crippen LogP contribution is -2.45. The number of aryl methyl sites for hydroxylation is 1. The van der Waals surface area contributed by atoms with Gasteiger partial charge >= 0.3 is 5.97 Å². The molecule has 8 nitrogen and oxygen atoms in total. The van der Waals surface area contributed by atoms with E-state index in [4.69, 9.17) is 21.8 Å². The molecule has 0 aliphatic carbocycles. The summed E-state index contributed by atoms with van der Waals surface area (Å²) in [4.78, 5) is 40.5. The molecule has 29 heavy (non-hydrogen) atoms. The van der Waals surface area contributed by atoms with Crippen LogP contribution >= 0.6 is 11.6 Å². The van der Waals surface area contributed by atoms with Gasteiger partial charge in [0.25, 0.3) is 5.56 Å². The van der Waals surface area contributed by atoms with Gasteiger partial charge in [-0.05, 0) is 18.6 Å². The fraction of sp³-hybridized carbons (Fsp3) is 0.400. The molecule has 1 amide bonds. The zero-order chi connectivity index (χ0) is 21.4. The van der Waals surface area contributed by atoms with Crippen LogP contribution < -0.4 is 10.9 Å². The molecule has 1 aromatic carbocycles. The lowest BCUT2D eigenvalue weighted by molar-refractivity contribution is -0.143. The van der Waals surface area contributed by atoms with Crippen molar-refractivity contribution in [1.29, 1.82) is 0 Å².